The van der Waals surface area contributed by atoms with Gasteiger partial charge < -0.3 is 15.0 Å². The lowest BCUT2D eigenvalue weighted by molar-refractivity contribution is 0.0694. The molecule has 0 bridgehead atoms. The van der Waals surface area contributed by atoms with Crippen LogP contribution in [0, 0.1) is 19.8 Å². The molecule has 1 heterocycles. The van der Waals surface area contributed by atoms with E-state index in [4.69, 9.17) is 0 Å². The van der Waals surface area contributed by atoms with Crippen molar-refractivity contribution in [2.75, 3.05) is 0 Å². The molecule has 1 aliphatic rings. The number of carbonyl (C=O) groups is 1. The molecule has 0 unspecified atom stereocenters. The third-order valence-electron chi connectivity index (χ3n) is 5.96. The molecule has 0 saturated heterocycles. The molecular formula is C22H30N2O2. The molecule has 3 rings (SSSR count). The van der Waals surface area contributed by atoms with E-state index in [1.807, 2.05) is 32.0 Å². The second kappa shape index (κ2) is 8.09. The minimum absolute atomic E-state index is 0.467. The van der Waals surface area contributed by atoms with Gasteiger partial charge in [-0.3, -0.25) is 0 Å². The maximum atomic E-state index is 11.9. The molecule has 1 fully saturated rings. The van der Waals surface area contributed by atoms with E-state index in [1.54, 1.807) is 0 Å². The van der Waals surface area contributed by atoms with Crippen LogP contribution in [0.2, 0.25) is 0 Å². The van der Waals surface area contributed by atoms with Crippen LogP contribution < -0.4 is 5.32 Å². The second-order valence-electron chi connectivity index (χ2n) is 7.65. The normalized spacial score (nSPS) is 20.3. The highest BCUT2D eigenvalue weighted by Gasteiger charge is 2.25. The van der Waals surface area contributed by atoms with E-state index in [0.717, 1.165) is 17.0 Å². The number of carboxylic acids is 1. The molecule has 2 aromatic rings. The maximum absolute atomic E-state index is 11.9. The van der Waals surface area contributed by atoms with Crippen LogP contribution in [0.5, 0.6) is 0 Å². The summed E-state index contributed by atoms with van der Waals surface area (Å²) in [4.78, 5) is 11.9. The van der Waals surface area contributed by atoms with Crippen LogP contribution in [0.25, 0.3) is 0 Å². The van der Waals surface area contributed by atoms with Gasteiger partial charge >= 0.3 is 5.97 Å². The van der Waals surface area contributed by atoms with Crippen molar-refractivity contribution in [3.05, 3.63) is 58.4 Å². The molecule has 1 aliphatic carbocycles. The zero-order chi connectivity index (χ0) is 18.7. The van der Waals surface area contributed by atoms with Crippen LogP contribution in [0.4, 0.5) is 0 Å². The third-order valence-corrected chi connectivity index (χ3v) is 5.96. The fraction of sp³-hybridized carbons (Fsp3) is 0.500. The summed E-state index contributed by atoms with van der Waals surface area (Å²) in [6.45, 7) is 7.60. The Morgan fingerprint density at radius 1 is 1.15 bits per heavy atom. The summed E-state index contributed by atoms with van der Waals surface area (Å²) in [5, 5.41) is 13.4. The van der Waals surface area contributed by atoms with Gasteiger partial charge in [-0.05, 0) is 38.2 Å². The molecule has 26 heavy (non-hydrogen) atoms. The lowest BCUT2D eigenvalue weighted by Crippen LogP contribution is -2.37. The van der Waals surface area contributed by atoms with E-state index < -0.39 is 5.97 Å². The number of nitrogens with one attached hydrogen (secondary N) is 1. The summed E-state index contributed by atoms with van der Waals surface area (Å²) >= 11 is 0. The number of hydrogen-bond donors (Lipinski definition) is 2. The van der Waals surface area contributed by atoms with Gasteiger partial charge in [-0.1, -0.05) is 50.1 Å². The first-order valence-electron chi connectivity index (χ1n) is 9.68. The Balaban J connectivity index is 1.86. The Morgan fingerprint density at radius 3 is 2.50 bits per heavy atom. The maximum Gasteiger partial charge on any atom is 0.337 e. The lowest BCUT2D eigenvalue weighted by atomic mass is 9.86. The van der Waals surface area contributed by atoms with E-state index >= 15 is 0 Å². The molecule has 0 radical (unpaired) electrons. The largest absolute Gasteiger partial charge is 0.478 e. The SMILES string of the molecule is Cc1c(CN[C@@H]2CCCC[C@H]2C)c(C(=O)O)c(C)n1Cc1ccccc1. The molecule has 2 N–H and O–H groups in total. The van der Waals surface area contributed by atoms with Gasteiger partial charge in [0.15, 0.2) is 0 Å². The number of benzene rings is 1. The summed E-state index contributed by atoms with van der Waals surface area (Å²) in [6, 6.07) is 10.7. The van der Waals surface area contributed by atoms with Gasteiger partial charge in [0.05, 0.1) is 5.56 Å². The Hall–Kier alpha value is -2.07. The zero-order valence-corrected chi connectivity index (χ0v) is 16.1. The van der Waals surface area contributed by atoms with Gasteiger partial charge in [-0.25, -0.2) is 4.79 Å². The van der Waals surface area contributed by atoms with E-state index in [9.17, 15) is 9.90 Å². The van der Waals surface area contributed by atoms with Crippen molar-refractivity contribution in [2.24, 2.45) is 5.92 Å². The number of nitrogens with zero attached hydrogens (tertiary/aromatic N) is 1. The zero-order valence-electron chi connectivity index (χ0n) is 16.1. The van der Waals surface area contributed by atoms with Crippen LogP contribution in [0.1, 0.15) is 65.5 Å². The molecule has 4 heteroatoms. The number of carboxylic acid groups (broad SMARTS) is 1. The minimum atomic E-state index is -0.828. The average Bonchev–Trinajstić information content (AvgIpc) is 2.86. The van der Waals surface area contributed by atoms with E-state index in [-0.39, 0.29) is 0 Å². The summed E-state index contributed by atoms with van der Waals surface area (Å²) in [5.41, 5.74) is 4.48. The number of aromatic carboxylic acids is 1. The quantitative estimate of drug-likeness (QED) is 0.802. The van der Waals surface area contributed by atoms with Crippen molar-refractivity contribution in [2.45, 2.75) is 65.6 Å². The van der Waals surface area contributed by atoms with E-state index in [2.05, 4.69) is 28.9 Å². The Bertz CT molecular complexity index is 764. The predicted octanol–water partition coefficient (Wildman–Crippen LogP) is 4.52. The second-order valence-corrected chi connectivity index (χ2v) is 7.65. The van der Waals surface area contributed by atoms with E-state index in [1.165, 1.54) is 31.2 Å². The molecular weight excluding hydrogens is 324 g/mol. The minimum Gasteiger partial charge on any atom is -0.478 e. The average molecular weight is 354 g/mol. The Morgan fingerprint density at radius 2 is 1.85 bits per heavy atom. The van der Waals surface area contributed by atoms with Gasteiger partial charge in [0.2, 0.25) is 0 Å². The molecule has 0 aliphatic heterocycles. The van der Waals surface area contributed by atoms with Gasteiger partial charge in [0, 0.05) is 36.1 Å². The van der Waals surface area contributed by atoms with Crippen LogP contribution in [-0.4, -0.2) is 21.7 Å². The number of rotatable bonds is 6. The molecule has 1 saturated carbocycles. The molecule has 140 valence electrons. The van der Waals surface area contributed by atoms with Gasteiger partial charge in [-0.2, -0.15) is 0 Å². The van der Waals surface area contributed by atoms with Crippen LogP contribution >= 0.6 is 0 Å². The topological polar surface area (TPSA) is 54.3 Å². The first kappa shape index (κ1) is 18.7. The van der Waals surface area contributed by atoms with Crippen molar-refractivity contribution in [3.8, 4) is 0 Å². The van der Waals surface area contributed by atoms with Crippen LogP contribution in [-0.2, 0) is 13.1 Å². The molecule has 1 aromatic heterocycles. The van der Waals surface area contributed by atoms with Crippen LogP contribution in [0.15, 0.2) is 30.3 Å². The molecule has 1 aromatic carbocycles. The molecule has 0 spiro atoms. The number of aromatic nitrogens is 1. The fourth-order valence-corrected chi connectivity index (χ4v) is 4.30. The van der Waals surface area contributed by atoms with Crippen molar-refractivity contribution in [1.29, 1.82) is 0 Å². The fourth-order valence-electron chi connectivity index (χ4n) is 4.30. The Labute approximate surface area is 156 Å². The van der Waals surface area contributed by atoms with Gasteiger partial charge in [0.25, 0.3) is 0 Å². The van der Waals surface area contributed by atoms with E-state index in [0.29, 0.717) is 30.6 Å². The van der Waals surface area contributed by atoms with Crippen molar-refractivity contribution < 1.29 is 9.90 Å². The summed E-state index contributed by atoms with van der Waals surface area (Å²) in [7, 11) is 0. The summed E-state index contributed by atoms with van der Waals surface area (Å²) < 4.78 is 2.14. The standard InChI is InChI=1S/C22H30N2O2/c1-15-9-7-8-12-20(15)23-13-19-16(2)24(17(3)21(19)22(25)26)14-18-10-5-4-6-11-18/h4-6,10-11,15,20,23H,7-9,12-14H2,1-3H3,(H,25,26)/t15-,20-/m1/s1. The van der Waals surface area contributed by atoms with Gasteiger partial charge in [-0.15, -0.1) is 0 Å². The smallest absolute Gasteiger partial charge is 0.337 e. The van der Waals surface area contributed by atoms with Crippen molar-refractivity contribution >= 4 is 5.97 Å². The summed E-state index contributed by atoms with van der Waals surface area (Å²) in [6.07, 6.45) is 5.02. The van der Waals surface area contributed by atoms with Crippen LogP contribution in [0.3, 0.4) is 0 Å². The van der Waals surface area contributed by atoms with Crippen molar-refractivity contribution in [3.63, 3.8) is 0 Å². The molecule has 0 amide bonds. The molecule has 4 nitrogen and oxygen atoms in total. The number of hydrogen-bond acceptors (Lipinski definition) is 2. The first-order chi connectivity index (χ1) is 12.5. The highest BCUT2D eigenvalue weighted by atomic mass is 16.4. The third kappa shape index (κ3) is 3.85. The van der Waals surface area contributed by atoms with Gasteiger partial charge in [0.1, 0.15) is 0 Å². The monoisotopic (exact) mass is 354 g/mol. The molecule has 2 atom stereocenters. The predicted molar refractivity (Wildman–Crippen MR) is 105 cm³/mol. The van der Waals surface area contributed by atoms with Crippen molar-refractivity contribution in [1.82, 2.24) is 9.88 Å². The first-order valence-corrected chi connectivity index (χ1v) is 9.68. The summed E-state index contributed by atoms with van der Waals surface area (Å²) in [5.74, 6) is -0.171. The Kier molecular flexibility index (Phi) is 5.82. The highest BCUT2D eigenvalue weighted by Crippen LogP contribution is 2.27. The highest BCUT2D eigenvalue weighted by molar-refractivity contribution is 5.91. The lowest BCUT2D eigenvalue weighted by Gasteiger charge is -2.29.